The molecule has 2 rings (SSSR count). The molecule has 1 aliphatic rings. The Morgan fingerprint density at radius 1 is 1.21 bits per heavy atom. The van der Waals surface area contributed by atoms with Crippen LogP contribution in [0.3, 0.4) is 0 Å². The number of nitrogens with zero attached hydrogens (tertiary/aromatic N) is 1. The van der Waals surface area contributed by atoms with Gasteiger partial charge in [-0.1, -0.05) is 17.6 Å². The lowest BCUT2D eigenvalue weighted by Gasteiger charge is -2.32. The summed E-state index contributed by atoms with van der Waals surface area (Å²) >= 11 is 5.73. The third-order valence-corrected chi connectivity index (χ3v) is 3.73. The summed E-state index contributed by atoms with van der Waals surface area (Å²) in [5, 5.41) is 0.245. The molecule has 1 aliphatic heterocycles. The first-order valence-corrected chi connectivity index (χ1v) is 6.45. The second kappa shape index (κ2) is 4.89. The summed E-state index contributed by atoms with van der Waals surface area (Å²) in [7, 11) is -0.523. The van der Waals surface area contributed by atoms with Gasteiger partial charge in [-0.05, 0) is 45.9 Å². The van der Waals surface area contributed by atoms with Gasteiger partial charge in [-0.2, -0.15) is 0 Å². The van der Waals surface area contributed by atoms with Crippen molar-refractivity contribution in [2.45, 2.75) is 38.9 Å². The Labute approximate surface area is 117 Å². The van der Waals surface area contributed by atoms with Crippen LogP contribution in [0.5, 0.6) is 0 Å². The average molecular weight is 284 g/mol. The molecule has 3 nitrogen and oxygen atoms in total. The van der Waals surface area contributed by atoms with E-state index in [0.29, 0.717) is 0 Å². The van der Waals surface area contributed by atoms with E-state index in [-0.39, 0.29) is 10.8 Å². The lowest BCUT2D eigenvalue weighted by Crippen LogP contribution is -2.41. The summed E-state index contributed by atoms with van der Waals surface area (Å²) in [5.74, 6) is 1.20. The quantitative estimate of drug-likeness (QED) is 0.615. The molecule has 0 atom stereocenters. The van der Waals surface area contributed by atoms with E-state index in [1.165, 1.54) is 18.2 Å². The number of hydrogen-bond donors (Lipinski definition) is 0. The predicted molar refractivity (Wildman–Crippen MR) is 74.3 cm³/mol. The van der Waals surface area contributed by atoms with Crippen molar-refractivity contribution in [3.63, 3.8) is 0 Å². The van der Waals surface area contributed by atoms with Gasteiger partial charge in [0.05, 0.1) is 16.9 Å². The van der Waals surface area contributed by atoms with Crippen molar-refractivity contribution in [3.05, 3.63) is 34.8 Å². The van der Waals surface area contributed by atoms with E-state index in [0.717, 1.165) is 0 Å². The maximum atomic E-state index is 13.5. The molecule has 0 aromatic carbocycles. The highest BCUT2D eigenvalue weighted by Crippen LogP contribution is 2.37. The van der Waals surface area contributed by atoms with E-state index < -0.39 is 24.1 Å². The van der Waals surface area contributed by atoms with Gasteiger partial charge < -0.3 is 9.31 Å². The van der Waals surface area contributed by atoms with E-state index in [2.05, 4.69) is 4.98 Å². The van der Waals surface area contributed by atoms with Gasteiger partial charge in [-0.3, -0.25) is 0 Å². The highest BCUT2D eigenvalue weighted by molar-refractivity contribution is 6.52. The van der Waals surface area contributed by atoms with Gasteiger partial charge in [0, 0.05) is 0 Å². The van der Waals surface area contributed by atoms with Gasteiger partial charge in [0.1, 0.15) is 11.0 Å². The molecule has 19 heavy (non-hydrogen) atoms. The fourth-order valence-electron chi connectivity index (χ4n) is 1.69. The van der Waals surface area contributed by atoms with Crippen LogP contribution in [0.2, 0.25) is 5.15 Å². The minimum atomic E-state index is -0.523. The van der Waals surface area contributed by atoms with Crippen LogP contribution < -0.4 is 0 Å². The third kappa shape index (κ3) is 2.99. The second-order valence-corrected chi connectivity index (χ2v) is 5.87. The summed E-state index contributed by atoms with van der Waals surface area (Å²) < 4.78 is 25.0. The maximum Gasteiger partial charge on any atom is 0.487 e. The van der Waals surface area contributed by atoms with Gasteiger partial charge in [-0.15, -0.1) is 0 Å². The normalized spacial score (nSPS) is 21.3. The Morgan fingerprint density at radius 2 is 1.79 bits per heavy atom. The molecule has 1 aromatic heterocycles. The van der Waals surface area contributed by atoms with Crippen LogP contribution >= 0.6 is 11.6 Å². The van der Waals surface area contributed by atoms with Crippen LogP contribution in [-0.2, 0) is 9.31 Å². The zero-order valence-corrected chi connectivity index (χ0v) is 12.2. The Balaban J connectivity index is 2.15. The van der Waals surface area contributed by atoms with E-state index in [1.807, 2.05) is 27.7 Å². The molecule has 0 aliphatic carbocycles. The van der Waals surface area contributed by atoms with E-state index in [4.69, 9.17) is 20.9 Å². The number of pyridine rings is 1. The van der Waals surface area contributed by atoms with Crippen LogP contribution in [0.1, 0.15) is 33.4 Å². The highest BCUT2D eigenvalue weighted by atomic mass is 35.5. The van der Waals surface area contributed by atoms with Crippen LogP contribution in [0.25, 0.3) is 6.08 Å². The molecule has 6 heteroatoms. The van der Waals surface area contributed by atoms with E-state index >= 15 is 0 Å². The highest BCUT2D eigenvalue weighted by Gasteiger charge is 2.50. The molecular formula is C13H16BClFNO2. The molecule has 0 bridgehead atoms. The summed E-state index contributed by atoms with van der Waals surface area (Å²) in [4.78, 5) is 3.90. The first-order chi connectivity index (χ1) is 8.71. The lowest BCUT2D eigenvalue weighted by molar-refractivity contribution is 0.00578. The number of halogens is 2. The van der Waals surface area contributed by atoms with Crippen LogP contribution in [0, 0.1) is 5.82 Å². The maximum absolute atomic E-state index is 13.5. The predicted octanol–water partition coefficient (Wildman–Crippen LogP) is 3.52. The van der Waals surface area contributed by atoms with Gasteiger partial charge in [-0.25, -0.2) is 9.37 Å². The molecule has 102 valence electrons. The molecule has 1 saturated heterocycles. The van der Waals surface area contributed by atoms with Crippen molar-refractivity contribution in [1.29, 1.82) is 0 Å². The minimum absolute atomic E-state index is 0.169. The van der Waals surface area contributed by atoms with Crippen LogP contribution in [0.15, 0.2) is 18.1 Å². The van der Waals surface area contributed by atoms with Gasteiger partial charge >= 0.3 is 7.12 Å². The van der Waals surface area contributed by atoms with Gasteiger partial charge in [0.2, 0.25) is 0 Å². The SMILES string of the molecule is CC1(C)OB(/C=C/c2nc(Cl)ccc2F)OC1(C)C. The van der Waals surface area contributed by atoms with Crippen molar-refractivity contribution < 1.29 is 13.7 Å². The average Bonchev–Trinajstić information content (AvgIpc) is 2.49. The smallest absolute Gasteiger partial charge is 0.400 e. The van der Waals surface area contributed by atoms with Crippen molar-refractivity contribution in [2.24, 2.45) is 0 Å². The molecular weight excluding hydrogens is 267 g/mol. The first kappa shape index (κ1) is 14.5. The number of rotatable bonds is 2. The standard InChI is InChI=1S/C13H16BClFNO2/c1-12(2)13(3,4)19-14(18-12)8-7-10-9(16)5-6-11(15)17-10/h5-8H,1-4H3/b8-7+. The van der Waals surface area contributed by atoms with Crippen molar-refractivity contribution in [1.82, 2.24) is 4.98 Å². The largest absolute Gasteiger partial charge is 0.487 e. The van der Waals surface area contributed by atoms with Crippen molar-refractivity contribution in [3.8, 4) is 0 Å². The van der Waals surface area contributed by atoms with Gasteiger partial charge in [0.25, 0.3) is 0 Å². The Kier molecular flexibility index (Phi) is 3.73. The van der Waals surface area contributed by atoms with E-state index in [9.17, 15) is 4.39 Å². The summed E-state index contributed by atoms with van der Waals surface area (Å²) in [6.45, 7) is 7.83. The fraction of sp³-hybridized carbons (Fsp3) is 0.462. The third-order valence-electron chi connectivity index (χ3n) is 3.52. The van der Waals surface area contributed by atoms with Gasteiger partial charge in [0.15, 0.2) is 0 Å². The number of aromatic nitrogens is 1. The Hall–Kier alpha value is -0.905. The van der Waals surface area contributed by atoms with Crippen molar-refractivity contribution >= 4 is 24.8 Å². The molecule has 1 fully saturated rings. The monoisotopic (exact) mass is 283 g/mol. The molecule has 0 unspecified atom stereocenters. The second-order valence-electron chi connectivity index (χ2n) is 5.48. The molecule has 0 spiro atoms. The Morgan fingerprint density at radius 3 is 2.37 bits per heavy atom. The minimum Gasteiger partial charge on any atom is -0.400 e. The molecule has 1 aromatic rings. The zero-order valence-electron chi connectivity index (χ0n) is 11.4. The Bertz CT molecular complexity index is 503. The molecule has 2 heterocycles. The molecule has 0 amide bonds. The lowest BCUT2D eigenvalue weighted by atomic mass is 9.89. The first-order valence-electron chi connectivity index (χ1n) is 6.07. The summed E-state index contributed by atoms with van der Waals surface area (Å²) in [6, 6.07) is 2.68. The van der Waals surface area contributed by atoms with Crippen molar-refractivity contribution in [2.75, 3.05) is 0 Å². The molecule has 0 radical (unpaired) electrons. The summed E-state index contributed by atoms with van der Waals surface area (Å²) in [6.07, 6.45) is 1.52. The zero-order chi connectivity index (χ0) is 14.3. The molecule has 0 saturated carbocycles. The van der Waals surface area contributed by atoms with Crippen LogP contribution in [0.4, 0.5) is 4.39 Å². The molecule has 0 N–H and O–H groups in total. The topological polar surface area (TPSA) is 31.4 Å². The summed E-state index contributed by atoms with van der Waals surface area (Å²) in [5.41, 5.74) is -0.660. The van der Waals surface area contributed by atoms with Crippen LogP contribution in [-0.4, -0.2) is 23.3 Å². The van der Waals surface area contributed by atoms with E-state index in [1.54, 1.807) is 5.98 Å². The fourth-order valence-corrected chi connectivity index (χ4v) is 1.84. The number of hydrogen-bond acceptors (Lipinski definition) is 3.